The molecule has 0 aliphatic heterocycles. The third kappa shape index (κ3) is 7.04. The summed E-state index contributed by atoms with van der Waals surface area (Å²) in [6.07, 6.45) is 0. The number of aromatic nitrogens is 2. The number of nitriles is 3. The molecule has 12 rings (SSSR count). The van der Waals surface area contributed by atoms with E-state index in [0.717, 1.165) is 88.7 Å². The summed E-state index contributed by atoms with van der Waals surface area (Å²) in [6, 6.07) is 86.5. The Morgan fingerprint density at radius 1 is 0.304 bits per heavy atom. The zero-order valence-electron chi connectivity index (χ0n) is 37.1. The molecule has 0 aliphatic rings. The van der Waals surface area contributed by atoms with E-state index in [9.17, 15) is 15.8 Å². The van der Waals surface area contributed by atoms with E-state index < -0.39 is 0 Å². The van der Waals surface area contributed by atoms with E-state index in [-0.39, 0.29) is 0 Å². The van der Waals surface area contributed by atoms with Gasteiger partial charge in [-0.15, -0.1) is 0 Å². The SMILES string of the molecule is N#Cc1ccc(-n2c3ccccc3c3cc(N(c4ccc(-c5ccc(-c6ccc(-c7ccccc7)cc6)cc5)cc4)c4ccc5c(c4)c4ccccc4n5-c4ccc(C#N)cc4C#N)ccc32)cc1. The smallest absolute Gasteiger partial charge is 0.101 e. The monoisotopic (exact) mass is 878 g/mol. The molecule has 0 amide bonds. The lowest BCUT2D eigenvalue weighted by Gasteiger charge is -2.26. The van der Waals surface area contributed by atoms with Gasteiger partial charge < -0.3 is 14.0 Å². The van der Waals surface area contributed by atoms with Crippen molar-refractivity contribution in [3.63, 3.8) is 0 Å². The van der Waals surface area contributed by atoms with Gasteiger partial charge in [0.1, 0.15) is 6.07 Å². The van der Waals surface area contributed by atoms with E-state index in [2.05, 4.69) is 202 Å². The molecule has 0 spiro atoms. The third-order valence-electron chi connectivity index (χ3n) is 13.2. The minimum Gasteiger partial charge on any atom is -0.310 e. The third-order valence-corrected chi connectivity index (χ3v) is 13.2. The topological polar surface area (TPSA) is 84.5 Å². The molecule has 0 atom stereocenters. The molecule has 0 saturated heterocycles. The lowest BCUT2D eigenvalue weighted by molar-refractivity contribution is 1.16. The summed E-state index contributed by atoms with van der Waals surface area (Å²) in [6.45, 7) is 0. The van der Waals surface area contributed by atoms with Crippen LogP contribution in [0.5, 0.6) is 0 Å². The van der Waals surface area contributed by atoms with Crippen LogP contribution in [0, 0.1) is 34.0 Å². The van der Waals surface area contributed by atoms with Gasteiger partial charge in [-0.1, -0.05) is 127 Å². The van der Waals surface area contributed by atoms with Gasteiger partial charge >= 0.3 is 0 Å². The molecule has 0 bridgehead atoms. The highest BCUT2D eigenvalue weighted by molar-refractivity contribution is 6.12. The minimum absolute atomic E-state index is 0.433. The average Bonchev–Trinajstić information content (AvgIpc) is 3.93. The molecule has 69 heavy (non-hydrogen) atoms. The second-order valence-corrected chi connectivity index (χ2v) is 17.1. The average molecular weight is 879 g/mol. The first-order valence-electron chi connectivity index (χ1n) is 22.7. The molecular formula is C63H38N6. The van der Waals surface area contributed by atoms with Crippen LogP contribution in [-0.2, 0) is 0 Å². The van der Waals surface area contributed by atoms with Crippen molar-refractivity contribution in [3.05, 3.63) is 247 Å². The maximum absolute atomic E-state index is 10.3. The van der Waals surface area contributed by atoms with E-state index in [1.165, 1.54) is 16.7 Å². The fourth-order valence-corrected chi connectivity index (χ4v) is 9.90. The molecule has 6 nitrogen and oxygen atoms in total. The normalized spacial score (nSPS) is 11.1. The van der Waals surface area contributed by atoms with E-state index in [1.54, 1.807) is 12.1 Å². The molecule has 12 aromatic rings. The Kier molecular flexibility index (Phi) is 9.88. The molecule has 0 fully saturated rings. The van der Waals surface area contributed by atoms with E-state index in [4.69, 9.17) is 0 Å². The first kappa shape index (κ1) is 40.6. The molecule has 6 heteroatoms. The largest absolute Gasteiger partial charge is 0.310 e. The zero-order chi connectivity index (χ0) is 46.4. The standard InChI is InChI=1S/C63H38N6/c64-39-42-14-27-52(28-15-42)68-60-12-6-4-10-55(60)57-37-53(31-34-62(57)68)67(54-32-35-63-58(38-54)56-11-5-7-13-61(56)69(63)59-33-16-43(40-65)36-50(59)41-66)51-29-25-49(26-30-51)48-23-21-47(22-24-48)46-19-17-45(18-20-46)44-8-2-1-3-9-44/h1-38H. The van der Waals surface area contributed by atoms with Crippen molar-refractivity contribution in [1.29, 1.82) is 15.8 Å². The Hall–Kier alpha value is -9.93. The van der Waals surface area contributed by atoms with Gasteiger partial charge in [0.2, 0.25) is 0 Å². The fraction of sp³-hybridized carbons (Fsp3) is 0. The molecule has 10 aromatic carbocycles. The van der Waals surface area contributed by atoms with E-state index in [1.807, 2.05) is 48.5 Å². The predicted octanol–water partition coefficient (Wildman–Crippen LogP) is 16.0. The summed E-state index contributed by atoms with van der Waals surface area (Å²) in [5.41, 5.74) is 17.2. The molecule has 0 aliphatic carbocycles. The highest BCUT2D eigenvalue weighted by Gasteiger charge is 2.21. The number of anilines is 3. The van der Waals surface area contributed by atoms with Crippen molar-refractivity contribution in [2.75, 3.05) is 4.90 Å². The Balaban J connectivity index is 0.981. The lowest BCUT2D eigenvalue weighted by atomic mass is 9.98. The Morgan fingerprint density at radius 2 is 0.725 bits per heavy atom. The molecule has 2 heterocycles. The molecular weight excluding hydrogens is 841 g/mol. The lowest BCUT2D eigenvalue weighted by Crippen LogP contribution is -2.10. The fourth-order valence-electron chi connectivity index (χ4n) is 9.90. The zero-order valence-corrected chi connectivity index (χ0v) is 37.1. The highest BCUT2D eigenvalue weighted by atomic mass is 15.1. The van der Waals surface area contributed by atoms with Gasteiger partial charge in [0.15, 0.2) is 0 Å². The molecule has 2 aromatic heterocycles. The van der Waals surface area contributed by atoms with Crippen LogP contribution in [0.3, 0.4) is 0 Å². The van der Waals surface area contributed by atoms with Gasteiger partial charge in [-0.3, -0.25) is 0 Å². The second kappa shape index (κ2) is 16.8. The first-order valence-corrected chi connectivity index (χ1v) is 22.7. The Labute approximate surface area is 398 Å². The van der Waals surface area contributed by atoms with Crippen LogP contribution >= 0.6 is 0 Å². The number of rotatable bonds is 8. The molecule has 320 valence electrons. The van der Waals surface area contributed by atoms with E-state index in [0.29, 0.717) is 16.7 Å². The molecule has 0 N–H and O–H groups in total. The molecule has 0 radical (unpaired) electrons. The van der Waals surface area contributed by atoms with Crippen LogP contribution in [0.15, 0.2) is 231 Å². The van der Waals surface area contributed by atoms with Crippen LogP contribution in [0.2, 0.25) is 0 Å². The summed E-state index contributed by atoms with van der Waals surface area (Å²) in [7, 11) is 0. The molecule has 0 saturated carbocycles. The maximum atomic E-state index is 10.3. The van der Waals surface area contributed by atoms with Gasteiger partial charge in [-0.05, 0) is 137 Å². The number of hydrogen-bond acceptors (Lipinski definition) is 4. The Morgan fingerprint density at radius 3 is 1.25 bits per heavy atom. The van der Waals surface area contributed by atoms with Crippen molar-refractivity contribution in [2.24, 2.45) is 0 Å². The summed E-state index contributed by atoms with van der Waals surface area (Å²) in [5.74, 6) is 0. The van der Waals surface area contributed by atoms with Crippen LogP contribution in [0.1, 0.15) is 16.7 Å². The van der Waals surface area contributed by atoms with Crippen molar-refractivity contribution >= 4 is 60.7 Å². The Bertz CT molecular complexity index is 4070. The number of nitrogens with zero attached hydrogens (tertiary/aromatic N) is 6. The van der Waals surface area contributed by atoms with Crippen LogP contribution in [-0.4, -0.2) is 9.13 Å². The first-order chi connectivity index (χ1) is 34.1. The summed E-state index contributed by atoms with van der Waals surface area (Å²) in [4.78, 5) is 2.31. The van der Waals surface area contributed by atoms with Crippen molar-refractivity contribution in [3.8, 4) is 63.0 Å². The van der Waals surface area contributed by atoms with Crippen LogP contribution in [0.25, 0.3) is 88.4 Å². The number of hydrogen-bond donors (Lipinski definition) is 0. The summed E-state index contributed by atoms with van der Waals surface area (Å²) in [5, 5.41) is 33.8. The molecule has 0 unspecified atom stereocenters. The van der Waals surface area contributed by atoms with Crippen molar-refractivity contribution < 1.29 is 0 Å². The van der Waals surface area contributed by atoms with Gasteiger partial charge in [0.25, 0.3) is 0 Å². The number of para-hydroxylation sites is 2. The summed E-state index contributed by atoms with van der Waals surface area (Å²) < 4.78 is 4.39. The number of fused-ring (bicyclic) bond motifs is 6. The predicted molar refractivity (Wildman–Crippen MR) is 280 cm³/mol. The second-order valence-electron chi connectivity index (χ2n) is 17.1. The van der Waals surface area contributed by atoms with Gasteiger partial charge in [0, 0.05) is 44.3 Å². The highest BCUT2D eigenvalue weighted by Crippen LogP contribution is 2.43. The van der Waals surface area contributed by atoms with Gasteiger partial charge in [-0.25, -0.2) is 0 Å². The van der Waals surface area contributed by atoms with Crippen LogP contribution < -0.4 is 4.90 Å². The van der Waals surface area contributed by atoms with Gasteiger partial charge in [0.05, 0.1) is 56.6 Å². The van der Waals surface area contributed by atoms with Crippen molar-refractivity contribution in [1.82, 2.24) is 9.13 Å². The quantitative estimate of drug-likeness (QED) is 0.152. The van der Waals surface area contributed by atoms with Gasteiger partial charge in [-0.2, -0.15) is 15.8 Å². The maximum Gasteiger partial charge on any atom is 0.101 e. The summed E-state index contributed by atoms with van der Waals surface area (Å²) >= 11 is 0. The van der Waals surface area contributed by atoms with Crippen LogP contribution in [0.4, 0.5) is 17.1 Å². The minimum atomic E-state index is 0.433. The number of benzene rings is 10. The van der Waals surface area contributed by atoms with E-state index >= 15 is 0 Å². The van der Waals surface area contributed by atoms with Crippen molar-refractivity contribution in [2.45, 2.75) is 0 Å².